The van der Waals surface area contributed by atoms with Gasteiger partial charge in [0.15, 0.2) is 11.6 Å². The molecular formula is C10H17N5O. The molecule has 2 rings (SSSR count). The predicted octanol–water partition coefficient (Wildman–Crippen LogP) is 1.13. The third kappa shape index (κ3) is 2.16. The van der Waals surface area contributed by atoms with Crippen molar-refractivity contribution in [2.45, 2.75) is 31.7 Å². The van der Waals surface area contributed by atoms with Crippen molar-refractivity contribution in [2.75, 3.05) is 17.9 Å². The quantitative estimate of drug-likeness (QED) is 0.524. The van der Waals surface area contributed by atoms with Crippen molar-refractivity contribution in [1.82, 2.24) is 9.97 Å². The van der Waals surface area contributed by atoms with E-state index in [1.54, 1.807) is 7.11 Å². The van der Waals surface area contributed by atoms with E-state index in [0.717, 1.165) is 0 Å². The van der Waals surface area contributed by atoms with Gasteiger partial charge in [0.25, 0.3) is 0 Å². The van der Waals surface area contributed by atoms with E-state index in [0.29, 0.717) is 23.4 Å². The van der Waals surface area contributed by atoms with Crippen molar-refractivity contribution >= 4 is 11.6 Å². The molecular weight excluding hydrogens is 206 g/mol. The summed E-state index contributed by atoms with van der Waals surface area (Å²) in [7, 11) is 1.58. The number of hydrogen-bond donors (Lipinski definition) is 3. The van der Waals surface area contributed by atoms with E-state index in [9.17, 15) is 0 Å². The predicted molar refractivity (Wildman–Crippen MR) is 62.3 cm³/mol. The number of rotatable bonds is 4. The molecule has 0 spiro atoms. The van der Waals surface area contributed by atoms with Crippen LogP contribution in [0, 0.1) is 0 Å². The summed E-state index contributed by atoms with van der Waals surface area (Å²) in [6.45, 7) is 0. The summed E-state index contributed by atoms with van der Waals surface area (Å²) < 4.78 is 5.25. The monoisotopic (exact) mass is 223 g/mol. The highest BCUT2D eigenvalue weighted by atomic mass is 16.5. The molecule has 0 bridgehead atoms. The summed E-state index contributed by atoms with van der Waals surface area (Å²) in [6.07, 6.45) is 6.37. The number of anilines is 2. The molecule has 1 aliphatic carbocycles. The second-order valence-electron chi connectivity index (χ2n) is 3.87. The van der Waals surface area contributed by atoms with Gasteiger partial charge in [0.05, 0.1) is 7.11 Å². The molecule has 0 aromatic carbocycles. The van der Waals surface area contributed by atoms with Crippen LogP contribution in [0.1, 0.15) is 25.7 Å². The third-order valence-corrected chi connectivity index (χ3v) is 2.84. The highest BCUT2D eigenvalue weighted by molar-refractivity contribution is 5.63. The number of ether oxygens (including phenoxy) is 1. The second-order valence-corrected chi connectivity index (χ2v) is 3.87. The SMILES string of the molecule is COc1c(NN)ncnc1NC1CCCC1. The van der Waals surface area contributed by atoms with Gasteiger partial charge in [0, 0.05) is 6.04 Å². The minimum atomic E-state index is 0.481. The van der Waals surface area contributed by atoms with Crippen molar-refractivity contribution in [3.63, 3.8) is 0 Å². The van der Waals surface area contributed by atoms with Crippen LogP contribution in [0.25, 0.3) is 0 Å². The molecule has 0 unspecified atom stereocenters. The Kier molecular flexibility index (Phi) is 3.40. The summed E-state index contributed by atoms with van der Waals surface area (Å²) in [5.74, 6) is 7.13. The van der Waals surface area contributed by atoms with Gasteiger partial charge in [-0.2, -0.15) is 0 Å². The summed E-state index contributed by atoms with van der Waals surface area (Å²) in [5, 5.41) is 3.36. The number of nitrogens with zero attached hydrogens (tertiary/aromatic N) is 2. The van der Waals surface area contributed by atoms with Gasteiger partial charge in [0.1, 0.15) is 6.33 Å². The highest BCUT2D eigenvalue weighted by Crippen LogP contribution is 2.31. The Balaban J connectivity index is 2.18. The smallest absolute Gasteiger partial charge is 0.205 e. The molecule has 4 N–H and O–H groups in total. The van der Waals surface area contributed by atoms with Gasteiger partial charge in [-0.25, -0.2) is 15.8 Å². The van der Waals surface area contributed by atoms with Gasteiger partial charge in [-0.3, -0.25) is 0 Å². The van der Waals surface area contributed by atoms with Gasteiger partial charge < -0.3 is 15.5 Å². The summed E-state index contributed by atoms with van der Waals surface area (Å²) in [6, 6.07) is 0.481. The first-order chi connectivity index (χ1) is 7.85. The van der Waals surface area contributed by atoms with Crippen LogP contribution in [0.2, 0.25) is 0 Å². The average Bonchev–Trinajstić information content (AvgIpc) is 2.81. The minimum absolute atomic E-state index is 0.481. The number of methoxy groups -OCH3 is 1. The molecule has 6 heteroatoms. The van der Waals surface area contributed by atoms with Crippen LogP contribution in [-0.4, -0.2) is 23.1 Å². The van der Waals surface area contributed by atoms with Crippen molar-refractivity contribution < 1.29 is 4.74 Å². The van der Waals surface area contributed by atoms with Crippen LogP contribution in [0.15, 0.2) is 6.33 Å². The Labute approximate surface area is 94.6 Å². The van der Waals surface area contributed by atoms with Gasteiger partial charge in [-0.1, -0.05) is 12.8 Å². The standard InChI is InChI=1S/C10H17N5O/c1-16-8-9(12-6-13-10(8)15-11)14-7-4-2-3-5-7/h6-7H,2-5,11H2,1H3,(H2,12,13,14,15). The molecule has 1 heterocycles. The Morgan fingerprint density at radius 3 is 2.62 bits per heavy atom. The Morgan fingerprint density at radius 1 is 1.31 bits per heavy atom. The van der Waals surface area contributed by atoms with Crippen LogP contribution >= 0.6 is 0 Å². The van der Waals surface area contributed by atoms with E-state index in [-0.39, 0.29) is 0 Å². The maximum atomic E-state index is 5.36. The Morgan fingerprint density at radius 2 is 2.00 bits per heavy atom. The fourth-order valence-corrected chi connectivity index (χ4v) is 2.04. The van der Waals surface area contributed by atoms with Gasteiger partial charge in [-0.05, 0) is 12.8 Å². The fourth-order valence-electron chi connectivity index (χ4n) is 2.04. The largest absolute Gasteiger partial charge is 0.490 e. The molecule has 1 fully saturated rings. The molecule has 0 saturated heterocycles. The zero-order valence-corrected chi connectivity index (χ0v) is 9.36. The van der Waals surface area contributed by atoms with Crippen LogP contribution in [0.4, 0.5) is 11.6 Å². The first-order valence-corrected chi connectivity index (χ1v) is 5.47. The van der Waals surface area contributed by atoms with Crippen LogP contribution in [-0.2, 0) is 0 Å². The molecule has 1 aliphatic rings. The van der Waals surface area contributed by atoms with Gasteiger partial charge in [-0.15, -0.1) is 0 Å². The molecule has 1 saturated carbocycles. The van der Waals surface area contributed by atoms with E-state index < -0.39 is 0 Å². The van der Waals surface area contributed by atoms with Crippen molar-refractivity contribution in [2.24, 2.45) is 5.84 Å². The molecule has 0 radical (unpaired) electrons. The first kappa shape index (κ1) is 10.9. The van der Waals surface area contributed by atoms with Crippen molar-refractivity contribution in [3.8, 4) is 5.75 Å². The lowest BCUT2D eigenvalue weighted by Gasteiger charge is -2.16. The van der Waals surface area contributed by atoms with Gasteiger partial charge in [0.2, 0.25) is 5.75 Å². The number of nitrogens with two attached hydrogens (primary N) is 1. The first-order valence-electron chi connectivity index (χ1n) is 5.47. The number of hydrazine groups is 1. The number of hydrogen-bond acceptors (Lipinski definition) is 6. The lowest BCUT2D eigenvalue weighted by Crippen LogP contribution is -2.18. The van der Waals surface area contributed by atoms with E-state index in [1.165, 1.54) is 32.0 Å². The zero-order valence-electron chi connectivity index (χ0n) is 9.36. The molecule has 1 aromatic rings. The van der Waals surface area contributed by atoms with Crippen LogP contribution < -0.4 is 21.3 Å². The van der Waals surface area contributed by atoms with E-state index >= 15 is 0 Å². The average molecular weight is 223 g/mol. The molecule has 16 heavy (non-hydrogen) atoms. The second kappa shape index (κ2) is 4.98. The molecule has 6 nitrogen and oxygen atoms in total. The summed E-state index contributed by atoms with van der Waals surface area (Å²) in [4.78, 5) is 8.17. The number of nitrogens with one attached hydrogen (secondary N) is 2. The van der Waals surface area contributed by atoms with E-state index in [2.05, 4.69) is 20.7 Å². The molecule has 0 amide bonds. The number of aromatic nitrogens is 2. The van der Waals surface area contributed by atoms with E-state index in [1.807, 2.05) is 0 Å². The minimum Gasteiger partial charge on any atom is -0.490 e. The Bertz CT molecular complexity index is 351. The normalized spacial score (nSPS) is 16.1. The van der Waals surface area contributed by atoms with Crippen molar-refractivity contribution in [1.29, 1.82) is 0 Å². The topological polar surface area (TPSA) is 85.1 Å². The fraction of sp³-hybridized carbons (Fsp3) is 0.600. The highest BCUT2D eigenvalue weighted by Gasteiger charge is 2.18. The van der Waals surface area contributed by atoms with Crippen molar-refractivity contribution in [3.05, 3.63) is 6.33 Å². The zero-order chi connectivity index (χ0) is 11.4. The molecule has 88 valence electrons. The van der Waals surface area contributed by atoms with Crippen LogP contribution in [0.3, 0.4) is 0 Å². The van der Waals surface area contributed by atoms with Crippen LogP contribution in [0.5, 0.6) is 5.75 Å². The maximum absolute atomic E-state index is 5.36. The molecule has 1 aromatic heterocycles. The maximum Gasteiger partial charge on any atom is 0.205 e. The Hall–Kier alpha value is -1.56. The number of nitrogen functional groups attached to an aromatic ring is 1. The third-order valence-electron chi connectivity index (χ3n) is 2.84. The molecule has 0 atom stereocenters. The summed E-state index contributed by atoms with van der Waals surface area (Å²) in [5.41, 5.74) is 2.50. The summed E-state index contributed by atoms with van der Waals surface area (Å²) >= 11 is 0. The lowest BCUT2D eigenvalue weighted by molar-refractivity contribution is 0.414. The van der Waals surface area contributed by atoms with E-state index in [4.69, 9.17) is 10.6 Å². The lowest BCUT2D eigenvalue weighted by atomic mass is 10.2. The van der Waals surface area contributed by atoms with Gasteiger partial charge >= 0.3 is 0 Å². The molecule has 0 aliphatic heterocycles.